The molecule has 0 bridgehead atoms. The van der Waals surface area contributed by atoms with Crippen LogP contribution < -0.4 is 11.1 Å². The Morgan fingerprint density at radius 3 is 2.79 bits per heavy atom. The number of nitrogens with two attached hydrogens (primary N) is 1. The fourth-order valence-corrected chi connectivity index (χ4v) is 2.02. The molecule has 1 aromatic rings. The van der Waals surface area contributed by atoms with Gasteiger partial charge >= 0.3 is 6.03 Å². The van der Waals surface area contributed by atoms with Crippen LogP contribution in [0.15, 0.2) is 24.3 Å². The first kappa shape index (κ1) is 13.8. The van der Waals surface area contributed by atoms with E-state index in [1.54, 1.807) is 4.90 Å². The lowest BCUT2D eigenvalue weighted by Gasteiger charge is -2.34. The van der Waals surface area contributed by atoms with Gasteiger partial charge in [-0.3, -0.25) is 0 Å². The molecule has 2 rings (SSSR count). The molecule has 5 nitrogen and oxygen atoms in total. The second-order valence-electron chi connectivity index (χ2n) is 5.01. The number of nitrogens with zero attached hydrogens (tertiary/aromatic N) is 1. The first-order valence-corrected chi connectivity index (χ1v) is 6.56. The van der Waals surface area contributed by atoms with E-state index in [9.17, 15) is 4.79 Å². The van der Waals surface area contributed by atoms with Crippen LogP contribution in [0, 0.1) is 6.92 Å². The van der Waals surface area contributed by atoms with Crippen LogP contribution in [-0.4, -0.2) is 42.8 Å². The average Bonchev–Trinajstić information content (AvgIpc) is 2.41. The van der Waals surface area contributed by atoms with Gasteiger partial charge in [0.25, 0.3) is 0 Å². The molecule has 1 aromatic carbocycles. The van der Waals surface area contributed by atoms with E-state index >= 15 is 0 Å². The molecule has 1 heterocycles. The Kier molecular flexibility index (Phi) is 4.39. The zero-order valence-corrected chi connectivity index (χ0v) is 11.4. The number of nitrogens with one attached hydrogen (secondary N) is 1. The average molecular weight is 263 g/mol. The maximum atomic E-state index is 12.1. The molecule has 1 aliphatic heterocycles. The SMILES string of the molecule is Cc1ccc(NC(=O)N2CCOC(C(C)N)C2)cc1. The highest BCUT2D eigenvalue weighted by molar-refractivity contribution is 5.89. The van der Waals surface area contributed by atoms with Gasteiger partial charge in [0, 0.05) is 18.3 Å². The lowest BCUT2D eigenvalue weighted by Crippen LogP contribution is -2.52. The molecule has 2 amide bonds. The molecule has 104 valence electrons. The molecule has 0 aliphatic carbocycles. The van der Waals surface area contributed by atoms with Crippen LogP contribution >= 0.6 is 0 Å². The van der Waals surface area contributed by atoms with Crippen molar-refractivity contribution in [1.29, 1.82) is 0 Å². The predicted octanol–water partition coefficient (Wildman–Crippen LogP) is 1.57. The van der Waals surface area contributed by atoms with Gasteiger partial charge in [-0.25, -0.2) is 4.79 Å². The number of ether oxygens (including phenoxy) is 1. The highest BCUT2D eigenvalue weighted by atomic mass is 16.5. The number of aryl methyl sites for hydroxylation is 1. The molecule has 2 unspecified atom stereocenters. The van der Waals surface area contributed by atoms with E-state index in [-0.39, 0.29) is 18.2 Å². The highest BCUT2D eigenvalue weighted by Crippen LogP contribution is 2.12. The Hall–Kier alpha value is -1.59. The molecule has 1 fully saturated rings. The van der Waals surface area contributed by atoms with Crippen LogP contribution in [0.4, 0.5) is 10.5 Å². The molecular weight excluding hydrogens is 242 g/mol. The summed E-state index contributed by atoms with van der Waals surface area (Å²) in [5.74, 6) is 0. The van der Waals surface area contributed by atoms with Gasteiger partial charge in [-0.05, 0) is 26.0 Å². The second kappa shape index (κ2) is 6.04. The summed E-state index contributed by atoms with van der Waals surface area (Å²) in [4.78, 5) is 13.9. The molecule has 1 aliphatic rings. The van der Waals surface area contributed by atoms with Crippen LogP contribution in [0.1, 0.15) is 12.5 Å². The van der Waals surface area contributed by atoms with E-state index in [1.807, 2.05) is 38.1 Å². The topological polar surface area (TPSA) is 67.6 Å². The minimum absolute atomic E-state index is 0.0741. The van der Waals surface area contributed by atoms with Gasteiger partial charge in [-0.15, -0.1) is 0 Å². The lowest BCUT2D eigenvalue weighted by molar-refractivity contribution is -0.0220. The van der Waals surface area contributed by atoms with Gasteiger partial charge in [0.05, 0.1) is 19.3 Å². The normalized spacial score (nSPS) is 21.0. The van der Waals surface area contributed by atoms with Crippen molar-refractivity contribution >= 4 is 11.7 Å². The maximum Gasteiger partial charge on any atom is 0.322 e. The van der Waals surface area contributed by atoms with Crippen LogP contribution in [0.5, 0.6) is 0 Å². The number of amides is 2. The number of carbonyl (C=O) groups excluding carboxylic acids is 1. The smallest absolute Gasteiger partial charge is 0.322 e. The van der Waals surface area contributed by atoms with Crippen molar-refractivity contribution in [3.8, 4) is 0 Å². The number of rotatable bonds is 2. The minimum atomic E-state index is -0.0993. The summed E-state index contributed by atoms with van der Waals surface area (Å²) >= 11 is 0. The van der Waals surface area contributed by atoms with Gasteiger partial charge in [0.1, 0.15) is 0 Å². The van der Waals surface area contributed by atoms with E-state index in [1.165, 1.54) is 5.56 Å². The number of carbonyl (C=O) groups is 1. The van der Waals surface area contributed by atoms with Crippen LogP contribution in [-0.2, 0) is 4.74 Å². The van der Waals surface area contributed by atoms with E-state index in [0.29, 0.717) is 19.7 Å². The largest absolute Gasteiger partial charge is 0.373 e. The van der Waals surface area contributed by atoms with Crippen LogP contribution in [0.3, 0.4) is 0 Å². The zero-order chi connectivity index (χ0) is 13.8. The summed E-state index contributed by atoms with van der Waals surface area (Å²) in [6, 6.07) is 7.57. The Morgan fingerprint density at radius 2 is 2.16 bits per heavy atom. The van der Waals surface area contributed by atoms with E-state index < -0.39 is 0 Å². The van der Waals surface area contributed by atoms with E-state index in [4.69, 9.17) is 10.5 Å². The lowest BCUT2D eigenvalue weighted by atomic mass is 10.1. The number of morpholine rings is 1. The molecule has 19 heavy (non-hydrogen) atoms. The van der Waals surface area contributed by atoms with Gasteiger partial charge in [0.15, 0.2) is 0 Å². The van der Waals surface area contributed by atoms with Gasteiger partial charge in [-0.2, -0.15) is 0 Å². The fraction of sp³-hybridized carbons (Fsp3) is 0.500. The third kappa shape index (κ3) is 3.68. The van der Waals surface area contributed by atoms with Gasteiger partial charge in [0.2, 0.25) is 0 Å². The van der Waals surface area contributed by atoms with Crippen molar-refractivity contribution in [1.82, 2.24) is 4.90 Å². The fourth-order valence-electron chi connectivity index (χ4n) is 2.02. The predicted molar refractivity (Wildman–Crippen MR) is 75.2 cm³/mol. The Bertz CT molecular complexity index is 431. The van der Waals surface area contributed by atoms with Crippen molar-refractivity contribution in [2.45, 2.75) is 26.0 Å². The van der Waals surface area contributed by atoms with Gasteiger partial charge < -0.3 is 20.7 Å². The maximum absolute atomic E-state index is 12.1. The van der Waals surface area contributed by atoms with Crippen molar-refractivity contribution in [3.63, 3.8) is 0 Å². The highest BCUT2D eigenvalue weighted by Gasteiger charge is 2.26. The number of anilines is 1. The molecule has 1 saturated heterocycles. The summed E-state index contributed by atoms with van der Waals surface area (Å²) < 4.78 is 5.54. The number of hydrogen-bond donors (Lipinski definition) is 2. The molecule has 0 spiro atoms. The van der Waals surface area contributed by atoms with Crippen molar-refractivity contribution in [2.24, 2.45) is 5.73 Å². The third-order valence-electron chi connectivity index (χ3n) is 3.27. The quantitative estimate of drug-likeness (QED) is 0.851. The zero-order valence-electron chi connectivity index (χ0n) is 11.4. The Labute approximate surface area is 113 Å². The molecule has 5 heteroatoms. The van der Waals surface area contributed by atoms with Crippen molar-refractivity contribution in [3.05, 3.63) is 29.8 Å². The summed E-state index contributed by atoms with van der Waals surface area (Å²) in [6.07, 6.45) is -0.0856. The standard InChI is InChI=1S/C14H21N3O2/c1-10-3-5-12(6-4-10)16-14(18)17-7-8-19-13(9-17)11(2)15/h3-6,11,13H,7-9,15H2,1-2H3,(H,16,18). The van der Waals surface area contributed by atoms with E-state index in [0.717, 1.165) is 5.69 Å². The van der Waals surface area contributed by atoms with Crippen LogP contribution in [0.25, 0.3) is 0 Å². The molecule has 0 saturated carbocycles. The summed E-state index contributed by atoms with van der Waals surface area (Å²) in [5, 5.41) is 2.89. The van der Waals surface area contributed by atoms with Crippen molar-refractivity contribution < 1.29 is 9.53 Å². The number of hydrogen-bond acceptors (Lipinski definition) is 3. The van der Waals surface area contributed by atoms with E-state index in [2.05, 4.69) is 5.32 Å². The third-order valence-corrected chi connectivity index (χ3v) is 3.27. The first-order chi connectivity index (χ1) is 9.06. The summed E-state index contributed by atoms with van der Waals surface area (Å²) in [7, 11) is 0. The first-order valence-electron chi connectivity index (χ1n) is 6.56. The molecule has 3 N–H and O–H groups in total. The summed E-state index contributed by atoms with van der Waals surface area (Å²) in [6.45, 7) is 5.58. The number of benzene rings is 1. The van der Waals surface area contributed by atoms with Crippen molar-refractivity contribution in [2.75, 3.05) is 25.0 Å². The molecule has 0 aromatic heterocycles. The monoisotopic (exact) mass is 263 g/mol. The number of urea groups is 1. The molecule has 2 atom stereocenters. The van der Waals surface area contributed by atoms with Gasteiger partial charge in [-0.1, -0.05) is 17.7 Å². The Balaban J connectivity index is 1.94. The Morgan fingerprint density at radius 1 is 1.47 bits per heavy atom. The molecule has 0 radical (unpaired) electrons. The summed E-state index contributed by atoms with van der Waals surface area (Å²) in [5.41, 5.74) is 7.79. The molecular formula is C14H21N3O2. The second-order valence-corrected chi connectivity index (χ2v) is 5.01. The van der Waals surface area contributed by atoms with Crippen LogP contribution in [0.2, 0.25) is 0 Å². The minimum Gasteiger partial charge on any atom is -0.373 e.